The van der Waals surface area contributed by atoms with Gasteiger partial charge < -0.3 is 4.43 Å². The van der Waals surface area contributed by atoms with Crippen LogP contribution in [0.3, 0.4) is 0 Å². The Morgan fingerprint density at radius 3 is 2.00 bits per heavy atom. The molecular weight excluding hydrogens is 104 g/mol. The van der Waals surface area contributed by atoms with Crippen LogP contribution < -0.4 is 0 Å². The molecule has 0 heterocycles. The summed E-state index contributed by atoms with van der Waals surface area (Å²) in [5, 5.41) is 0. The number of hydrogen-bond donors (Lipinski definition) is 0. The van der Waals surface area contributed by atoms with Crippen molar-refractivity contribution in [2.45, 2.75) is 20.0 Å². The first kappa shape index (κ1) is 6.76. The lowest BCUT2D eigenvalue weighted by Gasteiger charge is -2.05. The van der Waals surface area contributed by atoms with Crippen molar-refractivity contribution in [1.29, 1.82) is 0 Å². The summed E-state index contributed by atoms with van der Waals surface area (Å²) in [6, 6.07) is 0. The van der Waals surface area contributed by atoms with Crippen LogP contribution in [0.25, 0.3) is 0 Å². The van der Waals surface area contributed by atoms with Gasteiger partial charge in [0.25, 0.3) is 0 Å². The molecule has 0 bridgehead atoms. The summed E-state index contributed by atoms with van der Waals surface area (Å²) in [5.41, 5.74) is 0. The Bertz CT molecular complexity index is 68.5. The molecule has 42 valence electrons. The van der Waals surface area contributed by atoms with Crippen LogP contribution in [0.4, 0.5) is 0 Å². The van der Waals surface area contributed by atoms with Crippen LogP contribution in [0.1, 0.15) is 6.92 Å². The van der Waals surface area contributed by atoms with Crippen LogP contribution in [0, 0.1) is 0 Å². The Morgan fingerprint density at radius 2 is 2.00 bits per heavy atom. The second-order valence-electron chi connectivity index (χ2n) is 1.87. The molecule has 0 aliphatic heterocycles. The maximum absolute atomic E-state index is 5.19. The van der Waals surface area contributed by atoms with Crippen LogP contribution in [0.5, 0.6) is 0 Å². The molecule has 0 saturated heterocycles. The Labute approximate surface area is 46.7 Å². The second kappa shape index (κ2) is 2.85. The highest BCUT2D eigenvalue weighted by Crippen LogP contribution is 1.92. The maximum atomic E-state index is 5.19. The van der Waals surface area contributed by atoms with E-state index in [1.807, 2.05) is 6.92 Å². The van der Waals surface area contributed by atoms with Crippen molar-refractivity contribution in [2.75, 3.05) is 0 Å². The normalized spacial score (nSPS) is 9.14. The van der Waals surface area contributed by atoms with E-state index in [2.05, 4.69) is 19.7 Å². The molecule has 0 amide bonds. The van der Waals surface area contributed by atoms with Gasteiger partial charge in [-0.1, -0.05) is 6.58 Å². The molecule has 0 saturated carbocycles. The Kier molecular flexibility index (Phi) is 2.75. The van der Waals surface area contributed by atoms with E-state index in [1.54, 1.807) is 0 Å². The molecule has 0 aromatic rings. The van der Waals surface area contributed by atoms with E-state index in [0.717, 1.165) is 5.76 Å². The first-order valence-electron chi connectivity index (χ1n) is 2.45. The molecule has 0 spiro atoms. The highest BCUT2D eigenvalue weighted by Gasteiger charge is 1.91. The molecule has 0 radical (unpaired) electrons. The molecule has 0 aliphatic rings. The lowest BCUT2D eigenvalue weighted by atomic mass is 10.7. The fourth-order valence-corrected chi connectivity index (χ4v) is 1.21. The zero-order valence-corrected chi connectivity index (χ0v) is 6.35. The smallest absolute Gasteiger partial charge is 0.228 e. The molecule has 0 fully saturated rings. The van der Waals surface area contributed by atoms with Crippen LogP contribution >= 0.6 is 0 Å². The minimum atomic E-state index is -0.828. The van der Waals surface area contributed by atoms with Gasteiger partial charge in [-0.25, -0.2) is 0 Å². The summed E-state index contributed by atoms with van der Waals surface area (Å²) in [4.78, 5) is 0. The summed E-state index contributed by atoms with van der Waals surface area (Å²) in [6.07, 6.45) is 0. The minimum absolute atomic E-state index is 0.828. The molecule has 2 heteroatoms. The van der Waals surface area contributed by atoms with Crippen LogP contribution in [0.15, 0.2) is 12.3 Å². The third-order valence-corrected chi connectivity index (χ3v) is 1.31. The highest BCUT2D eigenvalue weighted by molar-refractivity contribution is 6.48. The summed E-state index contributed by atoms with van der Waals surface area (Å²) in [5.74, 6) is 0.849. The zero-order valence-electron chi connectivity index (χ0n) is 5.19. The van der Waals surface area contributed by atoms with Crippen molar-refractivity contribution in [2.24, 2.45) is 0 Å². The van der Waals surface area contributed by atoms with Gasteiger partial charge in [0.1, 0.15) is 0 Å². The van der Waals surface area contributed by atoms with E-state index in [9.17, 15) is 0 Å². The van der Waals surface area contributed by atoms with Crippen LogP contribution in [0.2, 0.25) is 13.1 Å². The first-order valence-corrected chi connectivity index (χ1v) is 5.23. The molecule has 0 aromatic heterocycles. The van der Waals surface area contributed by atoms with Gasteiger partial charge in [0.05, 0.1) is 5.76 Å². The molecule has 0 rings (SSSR count). The Hall–Kier alpha value is -0.243. The van der Waals surface area contributed by atoms with E-state index < -0.39 is 9.04 Å². The number of allylic oxidation sites excluding steroid dienone is 1. The van der Waals surface area contributed by atoms with Crippen molar-refractivity contribution in [3.8, 4) is 0 Å². The highest BCUT2D eigenvalue weighted by atomic mass is 28.3. The van der Waals surface area contributed by atoms with Gasteiger partial charge in [-0.2, -0.15) is 0 Å². The fraction of sp³-hybridized carbons (Fsp3) is 0.600. The third-order valence-electron chi connectivity index (χ3n) is 0.437. The van der Waals surface area contributed by atoms with Gasteiger partial charge >= 0.3 is 0 Å². The SMILES string of the molecule is C=C(C)O[SiH](C)C. The predicted octanol–water partition coefficient (Wildman–Crippen LogP) is 1.52. The van der Waals surface area contributed by atoms with Gasteiger partial charge in [0.15, 0.2) is 0 Å². The Balaban J connectivity index is 3.13. The van der Waals surface area contributed by atoms with Gasteiger partial charge in [0, 0.05) is 0 Å². The van der Waals surface area contributed by atoms with Gasteiger partial charge in [0.2, 0.25) is 9.04 Å². The number of hydrogen-bond acceptors (Lipinski definition) is 1. The molecule has 0 aromatic carbocycles. The molecular formula is C5H12OSi. The van der Waals surface area contributed by atoms with Crippen molar-refractivity contribution in [3.63, 3.8) is 0 Å². The molecule has 0 aliphatic carbocycles. The van der Waals surface area contributed by atoms with Crippen LogP contribution in [-0.4, -0.2) is 9.04 Å². The lowest BCUT2D eigenvalue weighted by molar-refractivity contribution is 0.446. The second-order valence-corrected chi connectivity index (χ2v) is 4.20. The summed E-state index contributed by atoms with van der Waals surface area (Å²) >= 11 is 0. The van der Waals surface area contributed by atoms with E-state index in [4.69, 9.17) is 4.43 Å². The largest absolute Gasteiger partial charge is 0.551 e. The van der Waals surface area contributed by atoms with E-state index in [0.29, 0.717) is 0 Å². The molecule has 0 atom stereocenters. The monoisotopic (exact) mass is 116 g/mol. The van der Waals surface area contributed by atoms with E-state index in [-0.39, 0.29) is 0 Å². The topological polar surface area (TPSA) is 9.23 Å². The van der Waals surface area contributed by atoms with Crippen molar-refractivity contribution < 1.29 is 4.43 Å². The zero-order chi connectivity index (χ0) is 5.86. The van der Waals surface area contributed by atoms with Crippen molar-refractivity contribution in [3.05, 3.63) is 12.3 Å². The summed E-state index contributed by atoms with van der Waals surface area (Å²) in [6.45, 7) is 9.73. The van der Waals surface area contributed by atoms with Gasteiger partial charge in [-0.15, -0.1) is 0 Å². The van der Waals surface area contributed by atoms with Gasteiger partial charge in [-0.05, 0) is 20.0 Å². The first-order chi connectivity index (χ1) is 3.13. The van der Waals surface area contributed by atoms with Crippen molar-refractivity contribution in [1.82, 2.24) is 0 Å². The quantitative estimate of drug-likeness (QED) is 0.392. The Morgan fingerprint density at radius 1 is 1.57 bits per heavy atom. The molecule has 0 N–H and O–H groups in total. The summed E-state index contributed by atoms with van der Waals surface area (Å²) < 4.78 is 5.19. The lowest BCUT2D eigenvalue weighted by Crippen LogP contribution is -2.04. The standard InChI is InChI=1S/C5H12OSi/c1-5(2)6-7(3)4/h7H,1H2,2-4H3. The minimum Gasteiger partial charge on any atom is -0.551 e. The average molecular weight is 116 g/mol. The molecule has 1 nitrogen and oxygen atoms in total. The van der Waals surface area contributed by atoms with Crippen LogP contribution in [-0.2, 0) is 4.43 Å². The van der Waals surface area contributed by atoms with E-state index in [1.165, 1.54) is 0 Å². The van der Waals surface area contributed by atoms with Gasteiger partial charge in [-0.3, -0.25) is 0 Å². The number of rotatable bonds is 2. The molecule has 0 unspecified atom stereocenters. The molecule has 7 heavy (non-hydrogen) atoms. The average Bonchev–Trinajstić information content (AvgIpc) is 1.27. The van der Waals surface area contributed by atoms with E-state index >= 15 is 0 Å². The summed E-state index contributed by atoms with van der Waals surface area (Å²) in [7, 11) is -0.828. The maximum Gasteiger partial charge on any atom is 0.228 e. The third kappa shape index (κ3) is 5.76. The van der Waals surface area contributed by atoms with Crippen molar-refractivity contribution >= 4 is 9.04 Å². The predicted molar refractivity (Wildman–Crippen MR) is 34.8 cm³/mol. The fourth-order valence-electron chi connectivity index (χ4n) is 0.402.